The average Bonchev–Trinajstić information content (AvgIpc) is 3.15. The van der Waals surface area contributed by atoms with Gasteiger partial charge >= 0.3 is 6.18 Å². The molecule has 0 radical (unpaired) electrons. The van der Waals surface area contributed by atoms with Crippen LogP contribution in [0.3, 0.4) is 0 Å². The van der Waals surface area contributed by atoms with E-state index in [2.05, 4.69) is 4.98 Å². The third kappa shape index (κ3) is 3.93. The minimum Gasteiger partial charge on any atom is -0.496 e. The quantitative estimate of drug-likeness (QED) is 0.475. The second-order valence-electron chi connectivity index (χ2n) is 6.46. The number of hydrogen-bond acceptors (Lipinski definition) is 6. The number of sulfonamides is 1. The van der Waals surface area contributed by atoms with Crippen molar-refractivity contribution in [3.05, 3.63) is 65.2 Å². The highest BCUT2D eigenvalue weighted by Crippen LogP contribution is 2.34. The van der Waals surface area contributed by atoms with Crippen molar-refractivity contribution in [1.82, 2.24) is 9.71 Å². The van der Waals surface area contributed by atoms with E-state index in [1.807, 2.05) is 4.72 Å². The van der Waals surface area contributed by atoms with Gasteiger partial charge in [-0.25, -0.2) is 13.1 Å². The number of rotatable bonds is 4. The van der Waals surface area contributed by atoms with Crippen molar-refractivity contribution in [3.63, 3.8) is 0 Å². The number of alkyl halides is 3. The second-order valence-corrected chi connectivity index (χ2v) is 9.20. The van der Waals surface area contributed by atoms with Crippen LogP contribution in [0.1, 0.15) is 15.2 Å². The summed E-state index contributed by atoms with van der Waals surface area (Å²) in [5, 5.41) is 0.640. The van der Waals surface area contributed by atoms with Gasteiger partial charge in [0.1, 0.15) is 10.6 Å². The Hall–Kier alpha value is -3.18. The Morgan fingerprint density at radius 2 is 1.90 bits per heavy atom. The number of thiophene rings is 1. The van der Waals surface area contributed by atoms with Gasteiger partial charge in [0.05, 0.1) is 23.1 Å². The van der Waals surface area contributed by atoms with E-state index in [1.54, 1.807) is 12.1 Å². The maximum Gasteiger partial charge on any atom is 0.416 e. The molecule has 0 aliphatic rings. The van der Waals surface area contributed by atoms with E-state index < -0.39 is 27.7 Å². The molecule has 31 heavy (non-hydrogen) atoms. The van der Waals surface area contributed by atoms with Crippen molar-refractivity contribution in [2.75, 3.05) is 7.11 Å². The van der Waals surface area contributed by atoms with E-state index in [4.69, 9.17) is 4.74 Å². The number of halogens is 3. The molecule has 2 aromatic heterocycles. The fraction of sp³-hybridized carbons (Fsp3) is 0.100. The number of ether oxygens (including phenoxy) is 1. The maximum absolute atomic E-state index is 12.9. The van der Waals surface area contributed by atoms with Gasteiger partial charge in [0.25, 0.3) is 15.9 Å². The Balaban J connectivity index is 1.69. The number of nitrogens with one attached hydrogen (secondary N) is 1. The van der Waals surface area contributed by atoms with Crippen molar-refractivity contribution in [3.8, 4) is 5.75 Å². The van der Waals surface area contributed by atoms with Gasteiger partial charge in [0.15, 0.2) is 0 Å². The van der Waals surface area contributed by atoms with Crippen LogP contribution in [0.5, 0.6) is 5.75 Å². The standard InChI is InChI=1S/C20H13F3N2O4S2/c1-29-14-5-7-17(18-13(14)3-2-8-24-18)31(27,28)25-19(26)16-10-11-9-12(20(21,22)23)4-6-15(11)30-16/h2-10H,1H3,(H,25,26). The molecule has 0 aliphatic heterocycles. The molecule has 2 heterocycles. The first-order valence-electron chi connectivity index (χ1n) is 8.70. The first-order valence-corrected chi connectivity index (χ1v) is 11.0. The fourth-order valence-corrected chi connectivity index (χ4v) is 5.21. The summed E-state index contributed by atoms with van der Waals surface area (Å²) in [6, 6.07) is 10.3. The number of hydrogen-bond donors (Lipinski definition) is 1. The van der Waals surface area contributed by atoms with Crippen LogP contribution in [0.2, 0.25) is 0 Å². The molecule has 0 atom stereocenters. The van der Waals surface area contributed by atoms with Gasteiger partial charge in [-0.15, -0.1) is 11.3 Å². The first kappa shape index (κ1) is 21.1. The predicted octanol–water partition coefficient (Wildman–Crippen LogP) is 4.60. The number of nitrogens with zero attached hydrogens (tertiary/aromatic N) is 1. The summed E-state index contributed by atoms with van der Waals surface area (Å²) < 4.78 is 72.1. The van der Waals surface area contributed by atoms with Gasteiger partial charge in [0, 0.05) is 16.3 Å². The monoisotopic (exact) mass is 466 g/mol. The highest BCUT2D eigenvalue weighted by atomic mass is 32.2. The Morgan fingerprint density at radius 1 is 1.13 bits per heavy atom. The summed E-state index contributed by atoms with van der Waals surface area (Å²) in [4.78, 5) is 16.4. The Morgan fingerprint density at radius 3 is 2.61 bits per heavy atom. The molecule has 160 valence electrons. The van der Waals surface area contributed by atoms with Gasteiger partial charge in [0.2, 0.25) is 0 Å². The van der Waals surface area contributed by atoms with Crippen LogP contribution in [0, 0.1) is 0 Å². The molecule has 4 rings (SSSR count). The molecular weight excluding hydrogens is 453 g/mol. The summed E-state index contributed by atoms with van der Waals surface area (Å²) in [5.41, 5.74) is -0.735. The van der Waals surface area contributed by atoms with Gasteiger partial charge in [-0.3, -0.25) is 9.78 Å². The summed E-state index contributed by atoms with van der Waals surface area (Å²) in [6.07, 6.45) is -3.11. The molecule has 0 spiro atoms. The normalized spacial score (nSPS) is 12.3. The molecule has 0 bridgehead atoms. The van der Waals surface area contributed by atoms with Crippen molar-refractivity contribution in [2.45, 2.75) is 11.1 Å². The van der Waals surface area contributed by atoms with Crippen LogP contribution in [0.15, 0.2) is 59.6 Å². The number of benzene rings is 2. The number of fused-ring (bicyclic) bond motifs is 2. The van der Waals surface area contributed by atoms with Crippen LogP contribution in [0.25, 0.3) is 21.0 Å². The molecule has 0 unspecified atom stereocenters. The van der Waals surface area contributed by atoms with Crippen LogP contribution < -0.4 is 9.46 Å². The summed E-state index contributed by atoms with van der Waals surface area (Å²) in [5.74, 6) is -0.534. The summed E-state index contributed by atoms with van der Waals surface area (Å²) in [6.45, 7) is 0. The number of carbonyl (C=O) groups excluding carboxylic acids is 1. The van der Waals surface area contributed by atoms with Gasteiger partial charge in [-0.1, -0.05) is 0 Å². The predicted molar refractivity (Wildman–Crippen MR) is 110 cm³/mol. The topological polar surface area (TPSA) is 85.4 Å². The molecule has 0 fully saturated rings. The lowest BCUT2D eigenvalue weighted by Gasteiger charge is -2.10. The molecule has 11 heteroatoms. The summed E-state index contributed by atoms with van der Waals surface area (Å²) in [7, 11) is -2.89. The van der Waals surface area contributed by atoms with Gasteiger partial charge in [-0.2, -0.15) is 13.2 Å². The van der Waals surface area contributed by atoms with E-state index in [-0.39, 0.29) is 20.7 Å². The zero-order valence-electron chi connectivity index (χ0n) is 15.7. The van der Waals surface area contributed by atoms with Gasteiger partial charge < -0.3 is 4.74 Å². The third-order valence-corrected chi connectivity index (χ3v) is 6.97. The number of carbonyl (C=O) groups is 1. The SMILES string of the molecule is COc1ccc(S(=O)(=O)NC(=O)c2cc3cc(C(F)(F)F)ccc3s2)c2ncccc12. The second kappa shape index (κ2) is 7.50. The third-order valence-electron chi connectivity index (χ3n) is 4.50. The molecule has 0 saturated carbocycles. The Kier molecular flexibility index (Phi) is 5.10. The molecule has 1 N–H and O–H groups in total. The lowest BCUT2D eigenvalue weighted by Crippen LogP contribution is -2.30. The average molecular weight is 466 g/mol. The highest BCUT2D eigenvalue weighted by molar-refractivity contribution is 7.90. The summed E-state index contributed by atoms with van der Waals surface area (Å²) >= 11 is 0.891. The van der Waals surface area contributed by atoms with Crippen molar-refractivity contribution >= 4 is 48.3 Å². The van der Waals surface area contributed by atoms with Gasteiger partial charge in [-0.05, 0) is 53.9 Å². The van der Waals surface area contributed by atoms with E-state index >= 15 is 0 Å². The van der Waals surface area contributed by atoms with Crippen LogP contribution >= 0.6 is 11.3 Å². The van der Waals surface area contributed by atoms with Crippen LogP contribution in [-0.4, -0.2) is 26.4 Å². The molecule has 6 nitrogen and oxygen atoms in total. The maximum atomic E-state index is 12.9. The zero-order chi connectivity index (χ0) is 22.4. The lowest BCUT2D eigenvalue weighted by atomic mass is 10.1. The number of pyridine rings is 1. The number of methoxy groups -OCH3 is 1. The minimum absolute atomic E-state index is 0.0383. The largest absolute Gasteiger partial charge is 0.496 e. The Labute approximate surface area is 178 Å². The van der Waals surface area contributed by atoms with Crippen LogP contribution in [0.4, 0.5) is 13.2 Å². The molecule has 0 saturated heterocycles. The molecule has 0 aliphatic carbocycles. The van der Waals surface area contributed by atoms with Crippen molar-refractivity contribution in [1.29, 1.82) is 0 Å². The van der Waals surface area contributed by atoms with E-state index in [1.165, 1.54) is 37.6 Å². The molecule has 4 aromatic rings. The molecule has 1 amide bonds. The first-order chi connectivity index (χ1) is 14.6. The lowest BCUT2D eigenvalue weighted by molar-refractivity contribution is -0.137. The smallest absolute Gasteiger partial charge is 0.416 e. The minimum atomic E-state index is -4.52. The van der Waals surface area contributed by atoms with E-state index in [0.29, 0.717) is 15.8 Å². The van der Waals surface area contributed by atoms with Crippen molar-refractivity contribution < 1.29 is 31.1 Å². The van der Waals surface area contributed by atoms with E-state index in [0.717, 1.165) is 23.5 Å². The highest BCUT2D eigenvalue weighted by Gasteiger charge is 2.31. The van der Waals surface area contributed by atoms with E-state index in [9.17, 15) is 26.4 Å². The number of aromatic nitrogens is 1. The Bertz CT molecular complexity index is 1430. The molecule has 2 aromatic carbocycles. The molecular formula is C20H13F3N2O4S2. The fourth-order valence-electron chi connectivity index (χ4n) is 3.07. The van der Waals surface area contributed by atoms with Crippen molar-refractivity contribution in [2.24, 2.45) is 0 Å². The van der Waals surface area contributed by atoms with Crippen LogP contribution in [-0.2, 0) is 16.2 Å². The number of amides is 1. The zero-order valence-corrected chi connectivity index (χ0v) is 17.4.